The van der Waals surface area contributed by atoms with Crippen LogP contribution in [0.3, 0.4) is 0 Å². The first kappa shape index (κ1) is 11.6. The van der Waals surface area contributed by atoms with Crippen molar-refractivity contribution in [3.63, 3.8) is 0 Å². The Bertz CT molecular complexity index is 552. The van der Waals surface area contributed by atoms with Crippen LogP contribution >= 0.6 is 0 Å². The molecule has 1 aliphatic heterocycles. The second-order valence-electron chi connectivity index (χ2n) is 5.14. The number of nitrogens with zero attached hydrogens (tertiary/aromatic N) is 2. The van der Waals surface area contributed by atoms with Gasteiger partial charge in [-0.1, -0.05) is 24.3 Å². The number of aromatic nitrogens is 1. The molecular formula is C15H19N3. The standard InChI is InChI=1S/C15H19N3/c1-18-9-8-12(10-16)15(18)14-7-6-11-4-2-3-5-13(11)17-14/h2-7,12,15H,8-10,16H2,1H3. The van der Waals surface area contributed by atoms with E-state index in [1.807, 2.05) is 12.1 Å². The van der Waals surface area contributed by atoms with Crippen LogP contribution in [0.25, 0.3) is 10.9 Å². The van der Waals surface area contributed by atoms with E-state index in [2.05, 4.69) is 36.2 Å². The molecular weight excluding hydrogens is 222 g/mol. The summed E-state index contributed by atoms with van der Waals surface area (Å²) in [5, 5.41) is 1.20. The summed E-state index contributed by atoms with van der Waals surface area (Å²) in [6, 6.07) is 13.0. The van der Waals surface area contributed by atoms with Gasteiger partial charge in [-0.3, -0.25) is 9.88 Å². The molecule has 2 heterocycles. The van der Waals surface area contributed by atoms with E-state index in [4.69, 9.17) is 10.7 Å². The van der Waals surface area contributed by atoms with E-state index in [0.29, 0.717) is 12.0 Å². The Morgan fingerprint density at radius 1 is 1.28 bits per heavy atom. The first-order chi connectivity index (χ1) is 8.79. The van der Waals surface area contributed by atoms with E-state index >= 15 is 0 Å². The summed E-state index contributed by atoms with van der Waals surface area (Å²) in [6.07, 6.45) is 1.17. The fourth-order valence-corrected chi connectivity index (χ4v) is 2.99. The number of hydrogen-bond donors (Lipinski definition) is 1. The number of fused-ring (bicyclic) bond motifs is 1. The van der Waals surface area contributed by atoms with Gasteiger partial charge in [0.25, 0.3) is 0 Å². The molecule has 94 valence electrons. The average Bonchev–Trinajstić information content (AvgIpc) is 2.79. The molecule has 2 atom stereocenters. The molecule has 2 N–H and O–H groups in total. The van der Waals surface area contributed by atoms with Crippen molar-refractivity contribution in [2.75, 3.05) is 20.1 Å². The van der Waals surface area contributed by atoms with Crippen molar-refractivity contribution in [2.45, 2.75) is 12.5 Å². The topological polar surface area (TPSA) is 42.1 Å². The minimum atomic E-state index is 0.375. The number of likely N-dealkylation sites (tertiary alicyclic amines) is 1. The lowest BCUT2D eigenvalue weighted by atomic mass is 9.97. The van der Waals surface area contributed by atoms with Gasteiger partial charge in [0.1, 0.15) is 0 Å². The SMILES string of the molecule is CN1CCC(CN)C1c1ccc2ccccc2n1. The molecule has 0 aliphatic carbocycles. The number of para-hydroxylation sites is 1. The van der Waals surface area contributed by atoms with Gasteiger partial charge >= 0.3 is 0 Å². The Kier molecular flexibility index (Phi) is 3.02. The molecule has 2 unspecified atom stereocenters. The molecule has 1 fully saturated rings. The van der Waals surface area contributed by atoms with Crippen molar-refractivity contribution in [3.05, 3.63) is 42.1 Å². The molecule has 0 saturated carbocycles. The number of nitrogens with two attached hydrogens (primary N) is 1. The highest BCUT2D eigenvalue weighted by atomic mass is 15.2. The first-order valence-electron chi connectivity index (χ1n) is 6.55. The molecule has 2 aromatic rings. The summed E-state index contributed by atoms with van der Waals surface area (Å²) in [5.74, 6) is 0.531. The fraction of sp³-hybridized carbons (Fsp3) is 0.400. The first-order valence-corrected chi connectivity index (χ1v) is 6.55. The molecule has 0 bridgehead atoms. The predicted octanol–water partition coefficient (Wildman–Crippen LogP) is 2.19. The van der Waals surface area contributed by atoms with Crippen LogP contribution < -0.4 is 5.73 Å². The second-order valence-corrected chi connectivity index (χ2v) is 5.14. The second kappa shape index (κ2) is 4.67. The van der Waals surface area contributed by atoms with Gasteiger partial charge in [0.2, 0.25) is 0 Å². The van der Waals surface area contributed by atoms with Crippen LogP contribution in [0.4, 0.5) is 0 Å². The summed E-state index contributed by atoms with van der Waals surface area (Å²) in [4.78, 5) is 7.18. The number of hydrogen-bond acceptors (Lipinski definition) is 3. The molecule has 0 spiro atoms. The molecule has 3 heteroatoms. The summed E-state index contributed by atoms with van der Waals surface area (Å²) in [5.41, 5.74) is 8.11. The highest BCUT2D eigenvalue weighted by molar-refractivity contribution is 5.78. The summed E-state index contributed by atoms with van der Waals surface area (Å²) in [7, 11) is 2.16. The molecule has 1 saturated heterocycles. The van der Waals surface area contributed by atoms with Gasteiger partial charge in [-0.2, -0.15) is 0 Å². The van der Waals surface area contributed by atoms with Gasteiger partial charge in [-0.15, -0.1) is 0 Å². The van der Waals surface area contributed by atoms with Crippen molar-refractivity contribution in [2.24, 2.45) is 11.7 Å². The maximum atomic E-state index is 5.88. The monoisotopic (exact) mass is 241 g/mol. The fourth-order valence-electron chi connectivity index (χ4n) is 2.99. The van der Waals surface area contributed by atoms with E-state index in [0.717, 1.165) is 24.3 Å². The van der Waals surface area contributed by atoms with Crippen LogP contribution in [0, 0.1) is 5.92 Å². The van der Waals surface area contributed by atoms with Crippen LogP contribution in [0.1, 0.15) is 18.2 Å². The van der Waals surface area contributed by atoms with Crippen LogP contribution in [0.2, 0.25) is 0 Å². The molecule has 18 heavy (non-hydrogen) atoms. The van der Waals surface area contributed by atoms with Crippen LogP contribution in [-0.2, 0) is 0 Å². The summed E-state index contributed by atoms with van der Waals surface area (Å²) >= 11 is 0. The zero-order valence-electron chi connectivity index (χ0n) is 10.7. The maximum Gasteiger partial charge on any atom is 0.0706 e. The Morgan fingerprint density at radius 3 is 2.94 bits per heavy atom. The zero-order valence-corrected chi connectivity index (χ0v) is 10.7. The molecule has 1 aliphatic rings. The van der Waals surface area contributed by atoms with Crippen molar-refractivity contribution in [1.29, 1.82) is 0 Å². The van der Waals surface area contributed by atoms with Gasteiger partial charge in [-0.25, -0.2) is 0 Å². The normalized spacial score (nSPS) is 24.8. The lowest BCUT2D eigenvalue weighted by Crippen LogP contribution is -2.25. The van der Waals surface area contributed by atoms with Gasteiger partial charge < -0.3 is 5.73 Å². The van der Waals surface area contributed by atoms with E-state index in [-0.39, 0.29) is 0 Å². The lowest BCUT2D eigenvalue weighted by molar-refractivity contribution is 0.274. The number of benzene rings is 1. The molecule has 0 radical (unpaired) electrons. The maximum absolute atomic E-state index is 5.88. The van der Waals surface area contributed by atoms with Crippen molar-refractivity contribution in [1.82, 2.24) is 9.88 Å². The van der Waals surface area contributed by atoms with Crippen molar-refractivity contribution < 1.29 is 0 Å². The largest absolute Gasteiger partial charge is 0.330 e. The third-order valence-corrected chi connectivity index (χ3v) is 4.00. The van der Waals surface area contributed by atoms with Gasteiger partial charge in [-0.05, 0) is 44.6 Å². The van der Waals surface area contributed by atoms with Crippen molar-refractivity contribution in [3.8, 4) is 0 Å². The smallest absolute Gasteiger partial charge is 0.0706 e. The quantitative estimate of drug-likeness (QED) is 0.876. The van der Waals surface area contributed by atoms with Crippen LogP contribution in [0.15, 0.2) is 36.4 Å². The number of rotatable bonds is 2. The molecule has 1 aromatic heterocycles. The van der Waals surface area contributed by atoms with E-state index in [9.17, 15) is 0 Å². The van der Waals surface area contributed by atoms with Gasteiger partial charge in [0.05, 0.1) is 17.3 Å². The van der Waals surface area contributed by atoms with E-state index in [1.165, 1.54) is 11.8 Å². The minimum absolute atomic E-state index is 0.375. The average molecular weight is 241 g/mol. The minimum Gasteiger partial charge on any atom is -0.330 e. The zero-order chi connectivity index (χ0) is 12.5. The highest BCUT2D eigenvalue weighted by Crippen LogP contribution is 2.34. The van der Waals surface area contributed by atoms with Crippen LogP contribution in [-0.4, -0.2) is 30.0 Å². The Labute approximate surface area is 108 Å². The predicted molar refractivity (Wildman–Crippen MR) is 74.3 cm³/mol. The Balaban J connectivity index is 2.03. The third kappa shape index (κ3) is 1.89. The lowest BCUT2D eigenvalue weighted by Gasteiger charge is -2.23. The Morgan fingerprint density at radius 2 is 2.11 bits per heavy atom. The third-order valence-electron chi connectivity index (χ3n) is 4.00. The molecule has 1 aromatic carbocycles. The van der Waals surface area contributed by atoms with Gasteiger partial charge in [0, 0.05) is 5.39 Å². The van der Waals surface area contributed by atoms with E-state index in [1.54, 1.807) is 0 Å². The summed E-state index contributed by atoms with van der Waals surface area (Å²) < 4.78 is 0. The molecule has 0 amide bonds. The highest BCUT2D eigenvalue weighted by Gasteiger charge is 2.32. The van der Waals surface area contributed by atoms with Crippen LogP contribution in [0.5, 0.6) is 0 Å². The van der Waals surface area contributed by atoms with Gasteiger partial charge in [0.15, 0.2) is 0 Å². The number of pyridine rings is 1. The Hall–Kier alpha value is -1.45. The molecule has 3 rings (SSSR count). The summed E-state index contributed by atoms with van der Waals surface area (Å²) in [6.45, 7) is 1.85. The van der Waals surface area contributed by atoms with E-state index < -0.39 is 0 Å². The molecule has 3 nitrogen and oxygen atoms in total. The van der Waals surface area contributed by atoms with Crippen molar-refractivity contribution >= 4 is 10.9 Å².